The molecule has 2 heterocycles. The van der Waals surface area contributed by atoms with Crippen molar-refractivity contribution in [3.8, 4) is 11.1 Å². The number of rotatable bonds is 3. The first-order valence-corrected chi connectivity index (χ1v) is 5.97. The van der Waals surface area contributed by atoms with Gasteiger partial charge in [0.1, 0.15) is 5.82 Å². The zero-order chi connectivity index (χ0) is 12.5. The van der Waals surface area contributed by atoms with Crippen LogP contribution in [0.4, 0.5) is 0 Å². The molecular weight excluding hydrogens is 226 g/mol. The van der Waals surface area contributed by atoms with E-state index in [0.29, 0.717) is 6.54 Å². The van der Waals surface area contributed by atoms with Crippen molar-refractivity contribution in [1.29, 1.82) is 0 Å². The Balaban J connectivity index is 2.10. The van der Waals surface area contributed by atoms with Crippen LogP contribution in [0.25, 0.3) is 22.2 Å². The van der Waals surface area contributed by atoms with Crippen molar-refractivity contribution in [2.24, 2.45) is 5.73 Å². The number of nitrogens with one attached hydrogen (secondary N) is 2. The molecule has 0 bridgehead atoms. The van der Waals surface area contributed by atoms with E-state index in [1.165, 1.54) is 0 Å². The number of hydrogen-bond donors (Lipinski definition) is 3. The number of H-pyrrole nitrogens is 2. The topological polar surface area (TPSA) is 83.4 Å². The molecule has 5 heteroatoms. The molecule has 3 aromatic rings. The minimum atomic E-state index is 0.612. The zero-order valence-corrected chi connectivity index (χ0v) is 10.2. The molecule has 92 valence electrons. The minimum Gasteiger partial charge on any atom is -0.342 e. The van der Waals surface area contributed by atoms with Crippen molar-refractivity contribution in [3.63, 3.8) is 0 Å². The summed E-state index contributed by atoms with van der Waals surface area (Å²) in [5, 5.41) is 7.10. The first kappa shape index (κ1) is 11.0. The maximum absolute atomic E-state index is 5.60. The molecule has 3 rings (SSSR count). The molecular formula is C13H15N5. The van der Waals surface area contributed by atoms with Crippen molar-refractivity contribution in [2.45, 2.75) is 13.3 Å². The van der Waals surface area contributed by atoms with E-state index in [0.717, 1.165) is 40.1 Å². The van der Waals surface area contributed by atoms with E-state index >= 15 is 0 Å². The van der Waals surface area contributed by atoms with Crippen LogP contribution in [0.1, 0.15) is 11.5 Å². The molecule has 0 radical (unpaired) electrons. The van der Waals surface area contributed by atoms with Gasteiger partial charge in [-0.15, -0.1) is 0 Å². The number of imidazole rings is 1. The molecule has 18 heavy (non-hydrogen) atoms. The number of benzene rings is 1. The number of aryl methyl sites for hydroxylation is 1. The number of nitrogens with zero attached hydrogens (tertiary/aromatic N) is 2. The SMILES string of the molecule is Cc1nc2ccc(-c3cn[nH]c3CCN)cc2[nH]1. The second-order valence-corrected chi connectivity index (χ2v) is 4.36. The maximum atomic E-state index is 5.60. The fourth-order valence-electron chi connectivity index (χ4n) is 2.20. The van der Waals surface area contributed by atoms with E-state index in [1.54, 1.807) is 0 Å². The van der Waals surface area contributed by atoms with Gasteiger partial charge < -0.3 is 10.7 Å². The lowest BCUT2D eigenvalue weighted by Crippen LogP contribution is -2.03. The Hall–Kier alpha value is -2.14. The summed E-state index contributed by atoms with van der Waals surface area (Å²) in [7, 11) is 0. The lowest BCUT2D eigenvalue weighted by Gasteiger charge is -2.02. The summed E-state index contributed by atoms with van der Waals surface area (Å²) in [4.78, 5) is 7.64. The number of fused-ring (bicyclic) bond motifs is 1. The molecule has 0 aliphatic heterocycles. The fraction of sp³-hybridized carbons (Fsp3) is 0.231. The largest absolute Gasteiger partial charge is 0.342 e. The summed E-state index contributed by atoms with van der Waals surface area (Å²) in [5.41, 5.74) is 10.9. The van der Waals surface area contributed by atoms with Gasteiger partial charge in [0.05, 0.1) is 17.2 Å². The van der Waals surface area contributed by atoms with Gasteiger partial charge in [0.15, 0.2) is 0 Å². The molecule has 4 N–H and O–H groups in total. The monoisotopic (exact) mass is 241 g/mol. The zero-order valence-electron chi connectivity index (χ0n) is 10.2. The van der Waals surface area contributed by atoms with E-state index < -0.39 is 0 Å². The highest BCUT2D eigenvalue weighted by atomic mass is 15.1. The van der Waals surface area contributed by atoms with Gasteiger partial charge in [-0.05, 0) is 31.2 Å². The molecule has 5 nitrogen and oxygen atoms in total. The molecule has 0 aliphatic carbocycles. The number of aromatic nitrogens is 4. The van der Waals surface area contributed by atoms with Gasteiger partial charge in [0.25, 0.3) is 0 Å². The lowest BCUT2D eigenvalue weighted by atomic mass is 10.0. The van der Waals surface area contributed by atoms with Crippen LogP contribution in [0, 0.1) is 6.92 Å². The lowest BCUT2D eigenvalue weighted by molar-refractivity contribution is 0.902. The quantitative estimate of drug-likeness (QED) is 0.653. The molecule has 0 saturated heterocycles. The van der Waals surface area contributed by atoms with Gasteiger partial charge in [-0.25, -0.2) is 4.98 Å². The third-order valence-electron chi connectivity index (χ3n) is 3.02. The predicted octanol–water partition coefficient (Wildman–Crippen LogP) is 1.76. The average molecular weight is 241 g/mol. The first-order chi connectivity index (χ1) is 8.78. The van der Waals surface area contributed by atoms with Crippen molar-refractivity contribution < 1.29 is 0 Å². The van der Waals surface area contributed by atoms with Crippen LogP contribution in [-0.2, 0) is 6.42 Å². The Morgan fingerprint density at radius 2 is 2.22 bits per heavy atom. The van der Waals surface area contributed by atoms with Crippen LogP contribution < -0.4 is 5.73 Å². The number of aromatic amines is 2. The second-order valence-electron chi connectivity index (χ2n) is 4.36. The summed E-state index contributed by atoms with van der Waals surface area (Å²) < 4.78 is 0. The maximum Gasteiger partial charge on any atom is 0.104 e. The van der Waals surface area contributed by atoms with Crippen molar-refractivity contribution in [3.05, 3.63) is 35.9 Å². The van der Waals surface area contributed by atoms with Crippen molar-refractivity contribution in [2.75, 3.05) is 6.54 Å². The Bertz CT molecular complexity index is 680. The van der Waals surface area contributed by atoms with Gasteiger partial charge >= 0.3 is 0 Å². The third-order valence-corrected chi connectivity index (χ3v) is 3.02. The Morgan fingerprint density at radius 3 is 3.06 bits per heavy atom. The molecule has 0 atom stereocenters. The second kappa shape index (κ2) is 4.27. The molecule has 0 unspecified atom stereocenters. The van der Waals surface area contributed by atoms with Gasteiger partial charge in [-0.2, -0.15) is 5.10 Å². The third kappa shape index (κ3) is 1.78. The van der Waals surface area contributed by atoms with Gasteiger partial charge in [0.2, 0.25) is 0 Å². The molecule has 0 aliphatic rings. The Morgan fingerprint density at radius 1 is 1.33 bits per heavy atom. The standard InChI is InChI=1S/C13H15N5/c1-8-16-12-3-2-9(6-13(12)17-8)10-7-15-18-11(10)4-5-14/h2-3,6-7H,4-5,14H2,1H3,(H,15,18)(H,16,17). The summed E-state index contributed by atoms with van der Waals surface area (Å²) >= 11 is 0. The highest BCUT2D eigenvalue weighted by Crippen LogP contribution is 2.25. The smallest absolute Gasteiger partial charge is 0.104 e. The average Bonchev–Trinajstić information content (AvgIpc) is 2.93. The molecule has 0 fully saturated rings. The summed E-state index contributed by atoms with van der Waals surface area (Å²) in [6, 6.07) is 6.18. The molecule has 0 amide bonds. The molecule has 0 saturated carbocycles. The minimum absolute atomic E-state index is 0.612. The predicted molar refractivity (Wildman–Crippen MR) is 71.2 cm³/mol. The van der Waals surface area contributed by atoms with Crippen LogP contribution in [-0.4, -0.2) is 26.7 Å². The summed E-state index contributed by atoms with van der Waals surface area (Å²) in [5.74, 6) is 0.927. The normalized spacial score (nSPS) is 11.2. The fourth-order valence-corrected chi connectivity index (χ4v) is 2.20. The van der Waals surface area contributed by atoms with E-state index in [4.69, 9.17) is 5.73 Å². The molecule has 2 aromatic heterocycles. The molecule has 1 aromatic carbocycles. The summed E-state index contributed by atoms with van der Waals surface area (Å²) in [6.45, 7) is 2.57. The van der Waals surface area contributed by atoms with E-state index in [2.05, 4.69) is 32.3 Å². The van der Waals surface area contributed by atoms with Crippen molar-refractivity contribution >= 4 is 11.0 Å². The van der Waals surface area contributed by atoms with Crippen LogP contribution in [0.3, 0.4) is 0 Å². The van der Waals surface area contributed by atoms with Crippen LogP contribution in [0.2, 0.25) is 0 Å². The highest BCUT2D eigenvalue weighted by molar-refractivity contribution is 5.82. The van der Waals surface area contributed by atoms with Crippen LogP contribution >= 0.6 is 0 Å². The van der Waals surface area contributed by atoms with Crippen LogP contribution in [0.5, 0.6) is 0 Å². The Labute approximate surface area is 104 Å². The Kier molecular flexibility index (Phi) is 2.60. The van der Waals surface area contributed by atoms with Gasteiger partial charge in [-0.3, -0.25) is 5.10 Å². The van der Waals surface area contributed by atoms with Crippen LogP contribution in [0.15, 0.2) is 24.4 Å². The highest BCUT2D eigenvalue weighted by Gasteiger charge is 2.08. The van der Waals surface area contributed by atoms with Gasteiger partial charge in [0, 0.05) is 17.7 Å². The number of nitrogens with two attached hydrogens (primary N) is 1. The number of hydrogen-bond acceptors (Lipinski definition) is 3. The molecule has 0 spiro atoms. The van der Waals surface area contributed by atoms with E-state index in [-0.39, 0.29) is 0 Å². The van der Waals surface area contributed by atoms with E-state index in [1.807, 2.05) is 19.2 Å². The van der Waals surface area contributed by atoms with Crippen molar-refractivity contribution in [1.82, 2.24) is 20.2 Å². The van der Waals surface area contributed by atoms with Gasteiger partial charge in [-0.1, -0.05) is 6.07 Å². The van der Waals surface area contributed by atoms with E-state index in [9.17, 15) is 0 Å². The summed E-state index contributed by atoms with van der Waals surface area (Å²) in [6.07, 6.45) is 2.64. The first-order valence-electron chi connectivity index (χ1n) is 5.97.